The number of hydroxylamine groups is 1. The number of unbranched alkanes of at least 4 members (excludes halogenated alkanes) is 2. The Morgan fingerprint density at radius 2 is 1.85 bits per heavy atom. The third-order valence-electron chi connectivity index (χ3n) is 3.77. The van der Waals surface area contributed by atoms with Crippen LogP contribution in [0.1, 0.15) is 36.1 Å². The minimum absolute atomic E-state index is 0.240. The molecular formula is C19H20ClFN2O3S. The second kappa shape index (κ2) is 10.8. The van der Waals surface area contributed by atoms with Crippen molar-refractivity contribution in [3.05, 3.63) is 57.0 Å². The molecule has 2 aromatic rings. The molecule has 0 aliphatic heterocycles. The summed E-state index contributed by atoms with van der Waals surface area (Å²) in [6.45, 7) is 0.448. The Bertz CT molecular complexity index is 806. The molecule has 0 spiro atoms. The minimum atomic E-state index is -0.421. The van der Waals surface area contributed by atoms with Crippen LogP contribution in [-0.2, 0) is 9.59 Å². The van der Waals surface area contributed by atoms with Gasteiger partial charge in [-0.1, -0.05) is 30.2 Å². The van der Waals surface area contributed by atoms with Crippen LogP contribution in [0.5, 0.6) is 0 Å². The topological polar surface area (TPSA) is 78.4 Å². The number of nitrogens with one attached hydrogen (secondary N) is 2. The zero-order valence-corrected chi connectivity index (χ0v) is 16.1. The zero-order valence-electron chi connectivity index (χ0n) is 14.5. The van der Waals surface area contributed by atoms with E-state index < -0.39 is 5.91 Å². The van der Waals surface area contributed by atoms with Crippen molar-refractivity contribution < 1.29 is 19.2 Å². The fourth-order valence-electron chi connectivity index (χ4n) is 2.40. The first-order valence-electron chi connectivity index (χ1n) is 8.43. The molecule has 0 aliphatic carbocycles. The van der Waals surface area contributed by atoms with E-state index in [0.717, 1.165) is 11.3 Å². The molecule has 1 aromatic heterocycles. The second-order valence-electron chi connectivity index (χ2n) is 5.81. The highest BCUT2D eigenvalue weighted by Gasteiger charge is 2.13. The van der Waals surface area contributed by atoms with Gasteiger partial charge in [0.2, 0.25) is 5.91 Å². The van der Waals surface area contributed by atoms with Crippen molar-refractivity contribution >= 4 is 46.4 Å². The Labute approximate surface area is 165 Å². The maximum absolute atomic E-state index is 13.2. The Morgan fingerprint density at radius 3 is 2.48 bits per heavy atom. The molecule has 2 rings (SSSR count). The molecule has 0 radical (unpaired) electrons. The predicted octanol–water partition coefficient (Wildman–Crippen LogP) is 4.26. The Morgan fingerprint density at radius 1 is 1.11 bits per heavy atom. The van der Waals surface area contributed by atoms with Gasteiger partial charge in [-0.15, -0.1) is 11.3 Å². The van der Waals surface area contributed by atoms with Crippen LogP contribution in [0.4, 0.5) is 4.39 Å². The number of benzene rings is 1. The summed E-state index contributed by atoms with van der Waals surface area (Å²) in [5.74, 6) is -1.06. The first-order valence-corrected chi connectivity index (χ1v) is 9.63. The monoisotopic (exact) mass is 410 g/mol. The van der Waals surface area contributed by atoms with E-state index in [1.165, 1.54) is 23.5 Å². The van der Waals surface area contributed by atoms with Gasteiger partial charge in [-0.3, -0.25) is 14.8 Å². The van der Waals surface area contributed by atoms with Gasteiger partial charge < -0.3 is 5.32 Å². The molecular weight excluding hydrogens is 391 g/mol. The van der Waals surface area contributed by atoms with Gasteiger partial charge in [-0.05, 0) is 48.7 Å². The van der Waals surface area contributed by atoms with Crippen molar-refractivity contribution in [1.82, 2.24) is 10.8 Å². The molecule has 1 heterocycles. The van der Waals surface area contributed by atoms with Crippen LogP contribution in [-0.4, -0.2) is 23.6 Å². The van der Waals surface area contributed by atoms with Crippen LogP contribution in [0.2, 0.25) is 4.34 Å². The largest absolute Gasteiger partial charge is 0.352 e. The Kier molecular flexibility index (Phi) is 8.44. The highest BCUT2D eigenvalue weighted by molar-refractivity contribution is 7.17. The second-order valence-corrected chi connectivity index (χ2v) is 7.55. The van der Waals surface area contributed by atoms with Crippen LogP contribution in [0.25, 0.3) is 11.6 Å². The third kappa shape index (κ3) is 7.13. The number of rotatable bonds is 9. The van der Waals surface area contributed by atoms with Crippen LogP contribution in [0, 0.1) is 5.82 Å². The lowest BCUT2D eigenvalue weighted by Gasteiger charge is -2.09. The Hall–Kier alpha value is -2.22. The summed E-state index contributed by atoms with van der Waals surface area (Å²) >= 11 is 7.30. The van der Waals surface area contributed by atoms with E-state index in [0.29, 0.717) is 34.9 Å². The number of hydrogen-bond acceptors (Lipinski definition) is 4. The predicted molar refractivity (Wildman–Crippen MR) is 105 cm³/mol. The molecule has 0 saturated heterocycles. The molecule has 0 saturated carbocycles. The van der Waals surface area contributed by atoms with Gasteiger partial charge in [0.15, 0.2) is 0 Å². The number of thiophene rings is 1. The zero-order chi connectivity index (χ0) is 19.6. The van der Waals surface area contributed by atoms with Crippen LogP contribution in [0.3, 0.4) is 0 Å². The quantitative estimate of drug-likeness (QED) is 0.250. The molecule has 0 aliphatic rings. The lowest BCUT2D eigenvalue weighted by molar-refractivity contribution is -0.129. The molecule has 3 N–H and O–H groups in total. The number of amides is 2. The summed E-state index contributed by atoms with van der Waals surface area (Å²) < 4.78 is 13.8. The van der Waals surface area contributed by atoms with Crippen molar-refractivity contribution in [1.29, 1.82) is 0 Å². The van der Waals surface area contributed by atoms with Gasteiger partial charge in [0.05, 0.1) is 4.34 Å². The molecule has 0 fully saturated rings. The minimum Gasteiger partial charge on any atom is -0.352 e. The van der Waals surface area contributed by atoms with Crippen molar-refractivity contribution in [2.24, 2.45) is 0 Å². The number of carbonyl (C=O) groups is 2. The fourth-order valence-corrected chi connectivity index (χ4v) is 3.40. The summed E-state index contributed by atoms with van der Waals surface area (Å²) in [6, 6.07) is 9.30. The maximum atomic E-state index is 13.2. The molecule has 27 heavy (non-hydrogen) atoms. The SMILES string of the molecule is O=C(CCCCCNC(=O)/C(=C\c1ccc(Cl)s1)c1ccc(F)cc1)NO. The summed E-state index contributed by atoms with van der Waals surface area (Å²) in [4.78, 5) is 24.4. The fraction of sp³-hybridized carbons (Fsp3) is 0.263. The molecule has 0 unspecified atom stereocenters. The van der Waals surface area contributed by atoms with Crippen molar-refractivity contribution in [2.75, 3.05) is 6.54 Å². The molecule has 144 valence electrons. The third-order valence-corrected chi connectivity index (χ3v) is 4.95. The number of hydrogen-bond donors (Lipinski definition) is 3. The molecule has 0 atom stereocenters. The van der Waals surface area contributed by atoms with E-state index in [2.05, 4.69) is 5.32 Å². The number of halogens is 2. The first-order chi connectivity index (χ1) is 13.0. The average Bonchev–Trinajstić information content (AvgIpc) is 3.08. The summed E-state index contributed by atoms with van der Waals surface area (Å²) in [7, 11) is 0. The van der Waals surface area contributed by atoms with E-state index >= 15 is 0 Å². The summed E-state index contributed by atoms with van der Waals surface area (Å²) in [5, 5.41) is 11.3. The van der Waals surface area contributed by atoms with Crippen LogP contribution in [0.15, 0.2) is 36.4 Å². The van der Waals surface area contributed by atoms with Crippen LogP contribution >= 0.6 is 22.9 Å². The maximum Gasteiger partial charge on any atom is 0.251 e. The normalized spacial score (nSPS) is 11.3. The average molecular weight is 411 g/mol. The van der Waals surface area contributed by atoms with Gasteiger partial charge in [0, 0.05) is 23.4 Å². The lowest BCUT2D eigenvalue weighted by Crippen LogP contribution is -2.25. The van der Waals surface area contributed by atoms with Gasteiger partial charge in [-0.25, -0.2) is 9.87 Å². The van der Waals surface area contributed by atoms with E-state index in [-0.39, 0.29) is 18.1 Å². The van der Waals surface area contributed by atoms with Gasteiger partial charge in [0.1, 0.15) is 5.82 Å². The van der Waals surface area contributed by atoms with Crippen molar-refractivity contribution in [3.63, 3.8) is 0 Å². The molecule has 1 aromatic carbocycles. The van der Waals surface area contributed by atoms with E-state index in [1.54, 1.807) is 29.8 Å². The molecule has 2 amide bonds. The van der Waals surface area contributed by atoms with Crippen molar-refractivity contribution in [2.45, 2.75) is 25.7 Å². The lowest BCUT2D eigenvalue weighted by atomic mass is 10.0. The van der Waals surface area contributed by atoms with E-state index in [1.807, 2.05) is 6.07 Å². The van der Waals surface area contributed by atoms with Crippen molar-refractivity contribution in [3.8, 4) is 0 Å². The highest BCUT2D eigenvalue weighted by Crippen LogP contribution is 2.26. The summed E-state index contributed by atoms with van der Waals surface area (Å²) in [5.41, 5.74) is 2.62. The Balaban J connectivity index is 1.98. The van der Waals surface area contributed by atoms with Gasteiger partial charge in [-0.2, -0.15) is 0 Å². The van der Waals surface area contributed by atoms with Crippen LogP contribution < -0.4 is 10.8 Å². The standard InChI is InChI=1S/C19H20ClFN2O3S/c20-17-10-9-15(27-17)12-16(13-5-7-14(21)8-6-13)19(25)22-11-3-1-2-4-18(24)23-26/h5-10,12,26H,1-4,11H2,(H,22,25)(H,23,24)/b16-12-. The smallest absolute Gasteiger partial charge is 0.251 e. The first kappa shape index (κ1) is 21.1. The van der Waals surface area contributed by atoms with Gasteiger partial charge in [0.25, 0.3) is 5.91 Å². The van der Waals surface area contributed by atoms with E-state index in [4.69, 9.17) is 16.8 Å². The van der Waals surface area contributed by atoms with Gasteiger partial charge >= 0.3 is 0 Å². The van der Waals surface area contributed by atoms with E-state index in [9.17, 15) is 14.0 Å². The molecule has 8 heteroatoms. The summed E-state index contributed by atoms with van der Waals surface area (Å²) in [6.07, 6.45) is 4.03. The number of carbonyl (C=O) groups excluding carboxylic acids is 2. The molecule has 0 bridgehead atoms. The molecule has 5 nitrogen and oxygen atoms in total. The highest BCUT2D eigenvalue weighted by atomic mass is 35.5.